The number of aryl methyl sites for hydroxylation is 2. The molecule has 0 saturated carbocycles. The summed E-state index contributed by atoms with van der Waals surface area (Å²) in [6.45, 7) is 4.28. The van der Waals surface area contributed by atoms with Crippen molar-refractivity contribution < 1.29 is 19.1 Å². The molecule has 2 heterocycles. The fraction of sp³-hybridized carbons (Fsp3) is 0.318. The van der Waals surface area contributed by atoms with Gasteiger partial charge in [-0.1, -0.05) is 17.7 Å². The minimum absolute atomic E-state index is 0.0411. The standard InChI is InChI=1S/C22H22N2O4/c1-13-5-6-14(2)16(10-13)20(25)12-28-22(27)15-7-8-18-17(11-15)23-21(26)19-4-3-9-24(18)19/h5-8,10-11,19H,3-4,9,12H2,1-2H3,(H,23,26)/t19-/m0/s1. The summed E-state index contributed by atoms with van der Waals surface area (Å²) in [4.78, 5) is 39.2. The third-order valence-corrected chi connectivity index (χ3v) is 5.38. The van der Waals surface area contributed by atoms with E-state index in [4.69, 9.17) is 4.74 Å². The van der Waals surface area contributed by atoms with Gasteiger partial charge in [-0.05, 0) is 56.5 Å². The number of ketones is 1. The Balaban J connectivity index is 1.47. The van der Waals surface area contributed by atoms with Crippen LogP contribution in [0.2, 0.25) is 0 Å². The lowest BCUT2D eigenvalue weighted by molar-refractivity contribution is -0.117. The van der Waals surface area contributed by atoms with Gasteiger partial charge in [0.25, 0.3) is 0 Å². The smallest absolute Gasteiger partial charge is 0.338 e. The summed E-state index contributed by atoms with van der Waals surface area (Å²) in [5.74, 6) is -0.861. The fourth-order valence-corrected chi connectivity index (χ4v) is 3.89. The quantitative estimate of drug-likeness (QED) is 0.653. The molecule has 1 atom stereocenters. The number of Topliss-reactive ketones (excluding diaryl/α,β-unsaturated/α-hetero) is 1. The number of carbonyl (C=O) groups excluding carboxylic acids is 3. The normalized spacial score (nSPS) is 17.6. The molecule has 144 valence electrons. The summed E-state index contributed by atoms with van der Waals surface area (Å²) in [6, 6.07) is 10.6. The number of hydrogen-bond donors (Lipinski definition) is 1. The van der Waals surface area contributed by atoms with Gasteiger partial charge in [-0.15, -0.1) is 0 Å². The number of esters is 1. The Kier molecular flexibility index (Phi) is 4.63. The number of hydrogen-bond acceptors (Lipinski definition) is 5. The van der Waals surface area contributed by atoms with Crippen LogP contribution in [0.1, 0.15) is 44.7 Å². The second-order valence-corrected chi connectivity index (χ2v) is 7.39. The van der Waals surface area contributed by atoms with E-state index in [9.17, 15) is 14.4 Å². The number of rotatable bonds is 4. The van der Waals surface area contributed by atoms with E-state index in [1.807, 2.05) is 32.0 Å². The van der Waals surface area contributed by atoms with E-state index in [-0.39, 0.29) is 24.3 Å². The van der Waals surface area contributed by atoms with Crippen LogP contribution < -0.4 is 10.2 Å². The average Bonchev–Trinajstić information content (AvgIpc) is 3.18. The van der Waals surface area contributed by atoms with Crippen molar-refractivity contribution in [2.45, 2.75) is 32.7 Å². The summed E-state index contributed by atoms with van der Waals surface area (Å²) in [5, 5.41) is 2.88. The van der Waals surface area contributed by atoms with Crippen LogP contribution >= 0.6 is 0 Å². The molecule has 6 heteroatoms. The average molecular weight is 378 g/mol. The van der Waals surface area contributed by atoms with Crippen LogP contribution in [0.4, 0.5) is 11.4 Å². The van der Waals surface area contributed by atoms with E-state index in [1.165, 1.54) is 0 Å². The van der Waals surface area contributed by atoms with Crippen LogP contribution in [0.25, 0.3) is 0 Å². The summed E-state index contributed by atoms with van der Waals surface area (Å²) in [5.41, 5.74) is 4.23. The van der Waals surface area contributed by atoms with Crippen LogP contribution in [-0.4, -0.2) is 36.9 Å². The first kappa shape index (κ1) is 18.2. The lowest BCUT2D eigenvalue weighted by Crippen LogP contribution is -2.43. The predicted octanol–water partition coefficient (Wildman–Crippen LogP) is 3.26. The number of amides is 1. The number of anilines is 2. The number of benzene rings is 2. The number of ether oxygens (including phenoxy) is 1. The molecule has 1 saturated heterocycles. The van der Waals surface area contributed by atoms with Crippen molar-refractivity contribution in [1.29, 1.82) is 0 Å². The second kappa shape index (κ2) is 7.11. The molecule has 6 nitrogen and oxygen atoms in total. The number of carbonyl (C=O) groups is 3. The van der Waals surface area contributed by atoms with Crippen LogP contribution in [0, 0.1) is 13.8 Å². The van der Waals surface area contributed by atoms with E-state index in [0.29, 0.717) is 16.8 Å². The van der Waals surface area contributed by atoms with Gasteiger partial charge in [0, 0.05) is 12.1 Å². The van der Waals surface area contributed by atoms with Gasteiger partial charge in [0.05, 0.1) is 16.9 Å². The highest BCUT2D eigenvalue weighted by molar-refractivity contribution is 6.06. The highest BCUT2D eigenvalue weighted by atomic mass is 16.5. The van der Waals surface area contributed by atoms with E-state index in [0.717, 1.165) is 36.2 Å². The minimum Gasteiger partial charge on any atom is -0.454 e. The molecule has 2 aromatic carbocycles. The molecule has 1 fully saturated rings. The summed E-state index contributed by atoms with van der Waals surface area (Å²) >= 11 is 0. The van der Waals surface area contributed by atoms with E-state index in [2.05, 4.69) is 10.2 Å². The van der Waals surface area contributed by atoms with Gasteiger partial charge >= 0.3 is 5.97 Å². The van der Waals surface area contributed by atoms with Crippen LogP contribution in [0.5, 0.6) is 0 Å². The first-order chi connectivity index (χ1) is 13.4. The highest BCUT2D eigenvalue weighted by Crippen LogP contribution is 2.37. The molecule has 4 rings (SSSR count). The van der Waals surface area contributed by atoms with Crippen molar-refractivity contribution in [3.8, 4) is 0 Å². The Morgan fingerprint density at radius 2 is 2.00 bits per heavy atom. The Hall–Kier alpha value is -3.15. The molecule has 28 heavy (non-hydrogen) atoms. The molecule has 0 radical (unpaired) electrons. The monoisotopic (exact) mass is 378 g/mol. The first-order valence-corrected chi connectivity index (χ1v) is 9.43. The molecule has 0 spiro atoms. The summed E-state index contributed by atoms with van der Waals surface area (Å²) < 4.78 is 5.23. The van der Waals surface area contributed by atoms with Crippen molar-refractivity contribution in [3.63, 3.8) is 0 Å². The molecule has 0 aromatic heterocycles. The molecule has 1 N–H and O–H groups in total. The summed E-state index contributed by atoms with van der Waals surface area (Å²) in [7, 11) is 0. The van der Waals surface area contributed by atoms with Crippen molar-refractivity contribution >= 4 is 29.0 Å². The Morgan fingerprint density at radius 3 is 2.82 bits per heavy atom. The van der Waals surface area contributed by atoms with Crippen LogP contribution in [0.3, 0.4) is 0 Å². The van der Waals surface area contributed by atoms with Crippen LogP contribution in [-0.2, 0) is 9.53 Å². The van der Waals surface area contributed by atoms with Gasteiger partial charge in [0.15, 0.2) is 6.61 Å². The van der Waals surface area contributed by atoms with Crippen molar-refractivity contribution in [1.82, 2.24) is 0 Å². The summed E-state index contributed by atoms with van der Waals surface area (Å²) in [6.07, 6.45) is 1.82. The molecule has 0 aliphatic carbocycles. The highest BCUT2D eigenvalue weighted by Gasteiger charge is 2.36. The Morgan fingerprint density at radius 1 is 1.18 bits per heavy atom. The number of nitrogens with zero attached hydrogens (tertiary/aromatic N) is 1. The van der Waals surface area contributed by atoms with Gasteiger partial charge in [0.2, 0.25) is 11.7 Å². The number of fused-ring (bicyclic) bond motifs is 3. The lowest BCUT2D eigenvalue weighted by atomic mass is 10.0. The molecular weight excluding hydrogens is 356 g/mol. The predicted molar refractivity (Wildman–Crippen MR) is 106 cm³/mol. The third-order valence-electron chi connectivity index (χ3n) is 5.38. The van der Waals surface area contributed by atoms with Crippen molar-refractivity contribution in [2.24, 2.45) is 0 Å². The maximum Gasteiger partial charge on any atom is 0.338 e. The Labute approximate surface area is 163 Å². The van der Waals surface area contributed by atoms with Gasteiger partial charge in [-0.25, -0.2) is 4.79 Å². The SMILES string of the molecule is Cc1ccc(C)c(C(=O)COC(=O)c2ccc3c(c2)NC(=O)[C@@H]2CCCN32)c1. The molecule has 0 unspecified atom stereocenters. The zero-order valence-corrected chi connectivity index (χ0v) is 16.0. The fourth-order valence-electron chi connectivity index (χ4n) is 3.89. The Bertz CT molecular complexity index is 982. The van der Waals surface area contributed by atoms with Crippen LogP contribution in [0.15, 0.2) is 36.4 Å². The zero-order chi connectivity index (χ0) is 19.8. The van der Waals surface area contributed by atoms with Gasteiger partial charge in [-0.2, -0.15) is 0 Å². The molecule has 2 aromatic rings. The van der Waals surface area contributed by atoms with E-state index < -0.39 is 5.97 Å². The van der Waals surface area contributed by atoms with E-state index >= 15 is 0 Å². The number of nitrogens with one attached hydrogen (secondary N) is 1. The molecule has 2 aliphatic heterocycles. The topological polar surface area (TPSA) is 75.7 Å². The largest absolute Gasteiger partial charge is 0.454 e. The molecule has 2 aliphatic rings. The molecular formula is C22H22N2O4. The maximum atomic E-state index is 12.4. The van der Waals surface area contributed by atoms with Gasteiger partial charge < -0.3 is 15.0 Å². The lowest BCUT2D eigenvalue weighted by Gasteiger charge is -2.33. The van der Waals surface area contributed by atoms with Crippen molar-refractivity contribution in [2.75, 3.05) is 23.4 Å². The minimum atomic E-state index is -0.584. The van der Waals surface area contributed by atoms with Gasteiger partial charge in [0.1, 0.15) is 6.04 Å². The second-order valence-electron chi connectivity index (χ2n) is 7.39. The maximum absolute atomic E-state index is 12.4. The van der Waals surface area contributed by atoms with Crippen molar-refractivity contribution in [3.05, 3.63) is 58.7 Å². The third kappa shape index (κ3) is 3.26. The first-order valence-electron chi connectivity index (χ1n) is 9.43. The zero-order valence-electron chi connectivity index (χ0n) is 16.0. The molecule has 0 bridgehead atoms. The van der Waals surface area contributed by atoms with E-state index in [1.54, 1.807) is 18.2 Å². The van der Waals surface area contributed by atoms with Gasteiger partial charge in [-0.3, -0.25) is 9.59 Å². The molecule has 1 amide bonds.